The van der Waals surface area contributed by atoms with Crippen LogP contribution in [0, 0.1) is 0 Å². The molecule has 7 heteroatoms. The average Bonchev–Trinajstić information content (AvgIpc) is 2.98. The predicted molar refractivity (Wildman–Crippen MR) is 69.2 cm³/mol. The van der Waals surface area contributed by atoms with Gasteiger partial charge < -0.3 is 4.74 Å². The molecule has 94 valence electrons. The first-order chi connectivity index (χ1) is 8.63. The number of aromatic nitrogens is 2. The van der Waals surface area contributed by atoms with Crippen molar-refractivity contribution in [3.63, 3.8) is 0 Å². The van der Waals surface area contributed by atoms with Gasteiger partial charge in [0, 0.05) is 12.3 Å². The Morgan fingerprint density at radius 2 is 2.22 bits per heavy atom. The third kappa shape index (κ3) is 2.46. The highest BCUT2D eigenvalue weighted by atomic mass is 32.1. The Morgan fingerprint density at radius 1 is 1.44 bits per heavy atom. The Hall–Kier alpha value is -1.60. The van der Waals surface area contributed by atoms with Gasteiger partial charge in [0.1, 0.15) is 15.6 Å². The van der Waals surface area contributed by atoms with Crippen LogP contribution in [0.25, 0.3) is 10.7 Å². The van der Waals surface area contributed by atoms with Gasteiger partial charge in [-0.1, -0.05) is 0 Å². The Bertz CT molecular complexity index is 575. The normalized spacial score (nSPS) is 10.3. The van der Waals surface area contributed by atoms with Crippen LogP contribution in [-0.4, -0.2) is 28.3 Å². The van der Waals surface area contributed by atoms with Crippen LogP contribution in [-0.2, 0) is 4.74 Å². The van der Waals surface area contributed by atoms with E-state index in [-0.39, 0.29) is 18.1 Å². The number of carbonyl (C=O) groups is 2. The lowest BCUT2D eigenvalue weighted by molar-refractivity contribution is 0.0517. The first-order valence-electron chi connectivity index (χ1n) is 5.21. The smallest absolute Gasteiger partial charge is 0.358 e. The zero-order valence-corrected chi connectivity index (χ0v) is 11.4. The second-order valence-corrected chi connectivity index (χ2v) is 5.06. The molecule has 0 spiro atoms. The molecule has 0 unspecified atom stereocenters. The molecule has 0 radical (unpaired) electrons. The van der Waals surface area contributed by atoms with Gasteiger partial charge in [0.05, 0.1) is 12.1 Å². The van der Waals surface area contributed by atoms with Crippen molar-refractivity contribution in [1.29, 1.82) is 0 Å². The van der Waals surface area contributed by atoms with Crippen LogP contribution in [0.4, 0.5) is 0 Å². The van der Waals surface area contributed by atoms with Crippen LogP contribution in [0.3, 0.4) is 0 Å². The van der Waals surface area contributed by atoms with E-state index in [9.17, 15) is 9.59 Å². The summed E-state index contributed by atoms with van der Waals surface area (Å²) in [6, 6.07) is 0. The Morgan fingerprint density at radius 3 is 2.78 bits per heavy atom. The van der Waals surface area contributed by atoms with E-state index in [0.717, 1.165) is 11.3 Å². The molecule has 0 fully saturated rings. The highest BCUT2D eigenvalue weighted by Gasteiger charge is 2.23. The van der Waals surface area contributed by atoms with E-state index in [1.807, 2.05) is 5.38 Å². The van der Waals surface area contributed by atoms with E-state index < -0.39 is 5.97 Å². The lowest BCUT2D eigenvalue weighted by Gasteiger charge is -1.98. The number of hydrogen-bond acceptors (Lipinski definition) is 7. The van der Waals surface area contributed by atoms with Gasteiger partial charge in [-0.2, -0.15) is 0 Å². The standard InChI is InChI=1S/C11H10N2O3S2/c1-3-16-11(15)8-9(6(2)14)18-10(13-8)7-4-17-5-12-7/h4-5H,3H2,1-2H3. The summed E-state index contributed by atoms with van der Waals surface area (Å²) in [5, 5.41) is 2.38. The lowest BCUT2D eigenvalue weighted by Crippen LogP contribution is -2.09. The maximum absolute atomic E-state index is 11.7. The van der Waals surface area contributed by atoms with Gasteiger partial charge in [0.15, 0.2) is 11.5 Å². The van der Waals surface area contributed by atoms with Crippen molar-refractivity contribution in [2.24, 2.45) is 0 Å². The van der Waals surface area contributed by atoms with E-state index >= 15 is 0 Å². The fourth-order valence-corrected chi connectivity index (χ4v) is 2.85. The maximum atomic E-state index is 11.7. The number of esters is 1. The van der Waals surface area contributed by atoms with Crippen molar-refractivity contribution in [3.05, 3.63) is 21.5 Å². The van der Waals surface area contributed by atoms with E-state index in [1.165, 1.54) is 18.3 Å². The van der Waals surface area contributed by atoms with Gasteiger partial charge in [-0.05, 0) is 6.92 Å². The van der Waals surface area contributed by atoms with Gasteiger partial charge in [0.2, 0.25) is 0 Å². The number of ketones is 1. The molecule has 0 bridgehead atoms. The largest absolute Gasteiger partial charge is 0.461 e. The van der Waals surface area contributed by atoms with Crippen LogP contribution < -0.4 is 0 Å². The molecule has 5 nitrogen and oxygen atoms in total. The fraction of sp³-hybridized carbons (Fsp3) is 0.273. The minimum Gasteiger partial charge on any atom is -0.461 e. The Balaban J connectivity index is 2.45. The number of nitrogens with zero attached hydrogens (tertiary/aromatic N) is 2. The van der Waals surface area contributed by atoms with E-state index in [0.29, 0.717) is 15.6 Å². The molecule has 0 aliphatic carbocycles. The van der Waals surface area contributed by atoms with Gasteiger partial charge in [-0.3, -0.25) is 4.79 Å². The summed E-state index contributed by atoms with van der Waals surface area (Å²) < 4.78 is 4.88. The number of carbonyl (C=O) groups excluding carboxylic acids is 2. The van der Waals surface area contributed by atoms with Crippen LogP contribution in [0.5, 0.6) is 0 Å². The van der Waals surface area contributed by atoms with Crippen LogP contribution >= 0.6 is 22.7 Å². The summed E-state index contributed by atoms with van der Waals surface area (Å²) in [6.07, 6.45) is 0. The molecule has 0 aliphatic rings. The minimum atomic E-state index is -0.569. The summed E-state index contributed by atoms with van der Waals surface area (Å²) in [4.78, 5) is 31.8. The summed E-state index contributed by atoms with van der Waals surface area (Å²) in [7, 11) is 0. The fourth-order valence-electron chi connectivity index (χ4n) is 1.32. The van der Waals surface area contributed by atoms with Gasteiger partial charge in [-0.15, -0.1) is 22.7 Å². The predicted octanol–water partition coefficient (Wildman–Crippen LogP) is 2.65. The second-order valence-electron chi connectivity index (χ2n) is 3.35. The summed E-state index contributed by atoms with van der Waals surface area (Å²) >= 11 is 2.59. The van der Waals surface area contributed by atoms with Crippen molar-refractivity contribution < 1.29 is 14.3 Å². The highest BCUT2D eigenvalue weighted by molar-refractivity contribution is 7.17. The molecule has 18 heavy (non-hydrogen) atoms. The number of Topliss-reactive ketones (excluding diaryl/α,β-unsaturated/α-hetero) is 1. The SMILES string of the molecule is CCOC(=O)c1nc(-c2cscn2)sc1C(C)=O. The molecular formula is C11H10N2O3S2. The monoisotopic (exact) mass is 282 g/mol. The molecule has 2 heterocycles. The van der Waals surface area contributed by atoms with Crippen molar-refractivity contribution in [3.8, 4) is 10.7 Å². The van der Waals surface area contributed by atoms with Crippen molar-refractivity contribution >= 4 is 34.4 Å². The van der Waals surface area contributed by atoms with Crippen molar-refractivity contribution in [2.75, 3.05) is 6.61 Å². The molecule has 0 aliphatic heterocycles. The highest BCUT2D eigenvalue weighted by Crippen LogP contribution is 2.28. The van der Waals surface area contributed by atoms with Gasteiger partial charge >= 0.3 is 5.97 Å². The summed E-state index contributed by atoms with van der Waals surface area (Å²) in [6.45, 7) is 3.36. The van der Waals surface area contributed by atoms with E-state index in [1.54, 1.807) is 12.4 Å². The average molecular weight is 282 g/mol. The molecule has 0 aromatic carbocycles. The molecule has 0 saturated heterocycles. The first-order valence-corrected chi connectivity index (χ1v) is 6.96. The molecule has 0 amide bonds. The third-order valence-electron chi connectivity index (χ3n) is 2.07. The molecule has 2 aromatic rings. The first kappa shape index (κ1) is 12.8. The van der Waals surface area contributed by atoms with Crippen molar-refractivity contribution in [2.45, 2.75) is 13.8 Å². The molecule has 0 atom stereocenters. The number of ether oxygens (including phenoxy) is 1. The molecule has 0 saturated carbocycles. The quantitative estimate of drug-likeness (QED) is 0.637. The zero-order chi connectivity index (χ0) is 13.1. The molecular weight excluding hydrogens is 272 g/mol. The van der Waals surface area contributed by atoms with Crippen LogP contribution in [0.2, 0.25) is 0 Å². The zero-order valence-electron chi connectivity index (χ0n) is 9.80. The van der Waals surface area contributed by atoms with Gasteiger partial charge in [0.25, 0.3) is 0 Å². The Labute approximate surface area is 111 Å². The van der Waals surface area contributed by atoms with Crippen LogP contribution in [0.15, 0.2) is 10.9 Å². The molecule has 2 rings (SSSR count). The number of rotatable bonds is 4. The summed E-state index contributed by atoms with van der Waals surface area (Å²) in [5.41, 5.74) is 2.43. The summed E-state index contributed by atoms with van der Waals surface area (Å²) in [5.74, 6) is -0.766. The maximum Gasteiger partial charge on any atom is 0.358 e. The van der Waals surface area contributed by atoms with Crippen molar-refractivity contribution in [1.82, 2.24) is 9.97 Å². The van der Waals surface area contributed by atoms with Crippen LogP contribution in [0.1, 0.15) is 34.0 Å². The molecule has 0 N–H and O–H groups in total. The Kier molecular flexibility index (Phi) is 3.83. The van der Waals surface area contributed by atoms with E-state index in [4.69, 9.17) is 4.74 Å². The van der Waals surface area contributed by atoms with Gasteiger partial charge in [-0.25, -0.2) is 14.8 Å². The number of thiazole rings is 2. The second kappa shape index (κ2) is 5.36. The molecule has 2 aromatic heterocycles. The minimum absolute atomic E-state index is 0.0809. The third-order valence-corrected chi connectivity index (χ3v) is 3.83. The topological polar surface area (TPSA) is 69.2 Å². The van der Waals surface area contributed by atoms with E-state index in [2.05, 4.69) is 9.97 Å². The lowest BCUT2D eigenvalue weighted by atomic mass is 10.3. The number of hydrogen-bond donors (Lipinski definition) is 0.